The number of carboxylic acid groups (broad SMARTS) is 1. The minimum absolute atomic E-state index is 0.108. The van der Waals surface area contributed by atoms with Crippen molar-refractivity contribution >= 4 is 16.1 Å². The Labute approximate surface area is 130 Å². The molecule has 1 fully saturated rings. The van der Waals surface area contributed by atoms with Crippen LogP contribution >= 0.6 is 0 Å². The molecule has 2 rings (SSSR count). The lowest BCUT2D eigenvalue weighted by atomic mass is 10.1. The molecule has 0 aliphatic heterocycles. The predicted molar refractivity (Wildman–Crippen MR) is 81.8 cm³/mol. The van der Waals surface area contributed by atoms with E-state index in [0.717, 1.165) is 0 Å². The number of sulfonamides is 1. The van der Waals surface area contributed by atoms with Crippen LogP contribution in [0.25, 0.3) is 0 Å². The first-order valence-corrected chi connectivity index (χ1v) is 8.48. The average molecular weight is 327 g/mol. The maximum absolute atomic E-state index is 12.1. The average Bonchev–Trinajstić information content (AvgIpc) is 3.02. The third kappa shape index (κ3) is 2.93. The van der Waals surface area contributed by atoms with E-state index in [-0.39, 0.29) is 12.8 Å². The highest BCUT2D eigenvalue weighted by atomic mass is 32.2. The number of aromatic nitrogens is 1. The van der Waals surface area contributed by atoms with Crippen molar-refractivity contribution < 1.29 is 18.3 Å². The summed E-state index contributed by atoms with van der Waals surface area (Å²) in [6.07, 6.45) is 0.717. The predicted octanol–water partition coefficient (Wildman–Crippen LogP) is 1.20. The Morgan fingerprint density at radius 1 is 1.50 bits per heavy atom. The molecule has 2 atom stereocenters. The zero-order valence-electron chi connectivity index (χ0n) is 12.9. The second-order valence-electron chi connectivity index (χ2n) is 6.65. The van der Waals surface area contributed by atoms with Crippen LogP contribution in [0.2, 0.25) is 0 Å². The third-order valence-corrected chi connectivity index (χ3v) is 5.72. The summed E-state index contributed by atoms with van der Waals surface area (Å²) >= 11 is 0. The zero-order chi connectivity index (χ0) is 16.8. The number of nitrogens with zero attached hydrogens (tertiary/aromatic N) is 2. The molecule has 122 valence electrons. The quantitative estimate of drug-likeness (QED) is 0.862. The Kier molecular flexibility index (Phi) is 3.95. The minimum atomic E-state index is -3.92. The molecule has 2 unspecified atom stereocenters. The Bertz CT molecular complexity index is 669. The molecule has 0 spiro atoms. The fourth-order valence-electron chi connectivity index (χ4n) is 2.89. The van der Waals surface area contributed by atoms with Crippen LogP contribution in [0.3, 0.4) is 0 Å². The van der Waals surface area contributed by atoms with Gasteiger partial charge in [0.1, 0.15) is 4.75 Å². The number of pyridine rings is 1. The SMILES string of the molecule is CC(C)(C)N(C(=O)O)C1CC1(Cc1ccccn1)S(N)(=O)=O. The van der Waals surface area contributed by atoms with Crippen molar-refractivity contribution in [3.8, 4) is 0 Å². The smallest absolute Gasteiger partial charge is 0.408 e. The normalized spacial score (nSPS) is 24.8. The van der Waals surface area contributed by atoms with E-state index in [4.69, 9.17) is 5.14 Å². The monoisotopic (exact) mass is 327 g/mol. The molecular formula is C14H21N3O4S. The molecule has 8 heteroatoms. The fraction of sp³-hybridized carbons (Fsp3) is 0.571. The van der Waals surface area contributed by atoms with E-state index < -0.39 is 32.4 Å². The van der Waals surface area contributed by atoms with Crippen LogP contribution in [0, 0.1) is 0 Å². The Morgan fingerprint density at radius 3 is 2.55 bits per heavy atom. The minimum Gasteiger partial charge on any atom is -0.465 e. The van der Waals surface area contributed by atoms with Crippen molar-refractivity contribution in [2.24, 2.45) is 5.14 Å². The van der Waals surface area contributed by atoms with Gasteiger partial charge in [-0.1, -0.05) is 6.07 Å². The van der Waals surface area contributed by atoms with E-state index in [0.29, 0.717) is 5.69 Å². The Balaban J connectivity index is 2.38. The van der Waals surface area contributed by atoms with Gasteiger partial charge < -0.3 is 5.11 Å². The van der Waals surface area contributed by atoms with Gasteiger partial charge in [-0.2, -0.15) is 0 Å². The van der Waals surface area contributed by atoms with Crippen LogP contribution in [0.5, 0.6) is 0 Å². The third-order valence-electron chi connectivity index (χ3n) is 4.00. The summed E-state index contributed by atoms with van der Waals surface area (Å²) in [5, 5.41) is 14.9. The zero-order valence-corrected chi connectivity index (χ0v) is 13.7. The molecule has 1 amide bonds. The van der Waals surface area contributed by atoms with E-state index >= 15 is 0 Å². The lowest BCUT2D eigenvalue weighted by molar-refractivity contribution is 0.0927. The van der Waals surface area contributed by atoms with Gasteiger partial charge in [0.15, 0.2) is 0 Å². The topological polar surface area (TPSA) is 114 Å². The summed E-state index contributed by atoms with van der Waals surface area (Å²) in [7, 11) is -3.92. The molecule has 0 aromatic carbocycles. The van der Waals surface area contributed by atoms with Crippen LogP contribution in [-0.2, 0) is 16.4 Å². The van der Waals surface area contributed by atoms with Crippen LogP contribution in [-0.4, -0.2) is 45.8 Å². The first-order valence-electron chi connectivity index (χ1n) is 6.93. The number of rotatable bonds is 4. The Morgan fingerprint density at radius 2 is 2.14 bits per heavy atom. The van der Waals surface area contributed by atoms with E-state index in [1.54, 1.807) is 45.2 Å². The maximum atomic E-state index is 12.1. The van der Waals surface area contributed by atoms with Gasteiger partial charge in [-0.3, -0.25) is 9.88 Å². The van der Waals surface area contributed by atoms with Crippen molar-refractivity contribution in [1.82, 2.24) is 9.88 Å². The second kappa shape index (κ2) is 5.20. The summed E-state index contributed by atoms with van der Waals surface area (Å²) in [6, 6.07) is 4.54. The molecule has 0 saturated heterocycles. The lowest BCUT2D eigenvalue weighted by Crippen LogP contribution is -2.51. The molecule has 0 bridgehead atoms. The molecule has 3 N–H and O–H groups in total. The van der Waals surface area contributed by atoms with Crippen molar-refractivity contribution in [1.29, 1.82) is 0 Å². The summed E-state index contributed by atoms with van der Waals surface area (Å²) < 4.78 is 22.9. The van der Waals surface area contributed by atoms with Crippen LogP contribution in [0.15, 0.2) is 24.4 Å². The van der Waals surface area contributed by atoms with Crippen molar-refractivity contribution in [2.45, 2.75) is 49.9 Å². The highest BCUT2D eigenvalue weighted by molar-refractivity contribution is 7.91. The molecular weight excluding hydrogens is 306 g/mol. The van der Waals surface area contributed by atoms with Gasteiger partial charge >= 0.3 is 6.09 Å². The van der Waals surface area contributed by atoms with E-state index in [9.17, 15) is 18.3 Å². The second-order valence-corrected chi connectivity index (χ2v) is 8.55. The summed E-state index contributed by atoms with van der Waals surface area (Å²) in [5.74, 6) is 0. The highest BCUT2D eigenvalue weighted by Gasteiger charge is 2.67. The van der Waals surface area contributed by atoms with Crippen LogP contribution in [0.1, 0.15) is 32.9 Å². The standard InChI is InChI=1S/C14H21N3O4S/c1-13(2,3)17(12(18)19)11-9-14(11,22(15,20)21)8-10-6-4-5-7-16-10/h4-7,11H,8-9H2,1-3H3,(H,18,19)(H2,15,20,21). The maximum Gasteiger partial charge on any atom is 0.408 e. The van der Waals surface area contributed by atoms with Crippen molar-refractivity contribution in [3.63, 3.8) is 0 Å². The van der Waals surface area contributed by atoms with E-state index in [2.05, 4.69) is 4.98 Å². The number of nitrogens with two attached hydrogens (primary N) is 1. The van der Waals surface area contributed by atoms with Gasteiger partial charge in [0, 0.05) is 23.9 Å². The first-order chi connectivity index (χ1) is 9.99. The van der Waals surface area contributed by atoms with Crippen molar-refractivity contribution in [2.75, 3.05) is 0 Å². The van der Waals surface area contributed by atoms with Crippen LogP contribution < -0.4 is 5.14 Å². The summed E-state index contributed by atoms with van der Waals surface area (Å²) in [6.45, 7) is 5.19. The molecule has 1 aliphatic rings. The largest absolute Gasteiger partial charge is 0.465 e. The number of primary sulfonamides is 1. The van der Waals surface area contributed by atoms with Gasteiger partial charge in [0.2, 0.25) is 10.0 Å². The molecule has 1 saturated carbocycles. The van der Waals surface area contributed by atoms with Crippen LogP contribution in [0.4, 0.5) is 4.79 Å². The molecule has 1 aromatic rings. The Hall–Kier alpha value is -1.67. The van der Waals surface area contributed by atoms with Gasteiger partial charge in [-0.15, -0.1) is 0 Å². The van der Waals surface area contributed by atoms with Gasteiger partial charge in [0.05, 0.1) is 6.04 Å². The highest BCUT2D eigenvalue weighted by Crippen LogP contribution is 2.50. The summed E-state index contributed by atoms with van der Waals surface area (Å²) in [5.41, 5.74) is -0.133. The van der Waals surface area contributed by atoms with Gasteiger partial charge in [0.25, 0.3) is 0 Å². The summed E-state index contributed by atoms with van der Waals surface area (Å²) in [4.78, 5) is 16.9. The first kappa shape index (κ1) is 16.7. The van der Waals surface area contributed by atoms with E-state index in [1.807, 2.05) is 0 Å². The molecule has 22 heavy (non-hydrogen) atoms. The van der Waals surface area contributed by atoms with Gasteiger partial charge in [-0.05, 0) is 39.3 Å². The molecule has 1 heterocycles. The number of amides is 1. The molecule has 0 radical (unpaired) electrons. The number of carbonyl (C=O) groups is 1. The van der Waals surface area contributed by atoms with Gasteiger partial charge in [-0.25, -0.2) is 18.4 Å². The van der Waals surface area contributed by atoms with E-state index in [1.165, 1.54) is 4.90 Å². The molecule has 1 aliphatic carbocycles. The van der Waals surface area contributed by atoms with Crippen molar-refractivity contribution in [3.05, 3.63) is 30.1 Å². The molecule has 1 aromatic heterocycles. The fourth-order valence-corrected chi connectivity index (χ4v) is 4.11. The number of hydrogen-bond acceptors (Lipinski definition) is 4. The molecule has 7 nitrogen and oxygen atoms in total. The lowest BCUT2D eigenvalue weighted by Gasteiger charge is -2.35. The number of hydrogen-bond donors (Lipinski definition) is 2.